The largest absolute Gasteiger partial charge is 0.494 e. The van der Waals surface area contributed by atoms with Gasteiger partial charge < -0.3 is 9.84 Å². The molecule has 32 heavy (non-hydrogen) atoms. The van der Waals surface area contributed by atoms with Crippen LogP contribution in [-0.4, -0.2) is 27.9 Å². The molecule has 2 aromatic rings. The van der Waals surface area contributed by atoms with Gasteiger partial charge >= 0.3 is 5.97 Å². The van der Waals surface area contributed by atoms with E-state index < -0.39 is 5.97 Å². The highest BCUT2D eigenvalue weighted by Gasteiger charge is 2.33. The molecule has 0 aliphatic carbocycles. The number of amides is 1. The molecule has 0 radical (unpaired) electrons. The number of carbonyl (C=O) groups excluding carboxylic acids is 1. The number of nitrogens with zero attached hydrogens (tertiary/aromatic N) is 1. The van der Waals surface area contributed by atoms with Gasteiger partial charge in [-0.05, 0) is 48.4 Å². The standard InChI is InChI=1S/C25H27NO4S2/c1-2-3-4-5-6-7-15-30-21-13-11-18(12-14-21)16-22-23(27)26(25(31)32-22)20-10-8-9-19(17-20)24(28)29/h8-14,16-17H,2-7,15H2,1H3,(H,28,29). The minimum Gasteiger partial charge on any atom is -0.494 e. The second-order valence-electron chi connectivity index (χ2n) is 7.56. The number of hydrogen-bond acceptors (Lipinski definition) is 5. The Labute approximate surface area is 198 Å². The minimum absolute atomic E-state index is 0.108. The third-order valence-electron chi connectivity index (χ3n) is 5.09. The number of unbranched alkanes of at least 4 members (excludes halogenated alkanes) is 5. The molecule has 0 saturated carbocycles. The lowest BCUT2D eigenvalue weighted by Gasteiger charge is -2.14. The van der Waals surface area contributed by atoms with E-state index in [4.69, 9.17) is 17.0 Å². The molecule has 1 amide bonds. The van der Waals surface area contributed by atoms with Crippen LogP contribution in [0.5, 0.6) is 5.75 Å². The predicted molar refractivity (Wildman–Crippen MR) is 134 cm³/mol. The molecule has 1 fully saturated rings. The molecule has 0 atom stereocenters. The molecule has 1 aliphatic rings. The van der Waals surface area contributed by atoms with Gasteiger partial charge in [-0.1, -0.05) is 81.2 Å². The number of aromatic carboxylic acids is 1. The second-order valence-corrected chi connectivity index (χ2v) is 9.23. The van der Waals surface area contributed by atoms with Crippen LogP contribution in [-0.2, 0) is 4.79 Å². The molecule has 3 rings (SSSR count). The lowest BCUT2D eigenvalue weighted by molar-refractivity contribution is -0.113. The molecule has 1 N–H and O–H groups in total. The van der Waals surface area contributed by atoms with Crippen molar-refractivity contribution >= 4 is 51.9 Å². The Bertz CT molecular complexity index is 1000. The average molecular weight is 470 g/mol. The van der Waals surface area contributed by atoms with Crippen LogP contribution in [0.15, 0.2) is 53.4 Å². The van der Waals surface area contributed by atoms with Crippen molar-refractivity contribution < 1.29 is 19.4 Å². The first-order valence-electron chi connectivity index (χ1n) is 10.8. The average Bonchev–Trinajstić information content (AvgIpc) is 3.07. The van der Waals surface area contributed by atoms with E-state index in [0.29, 0.717) is 21.5 Å². The van der Waals surface area contributed by atoms with Gasteiger partial charge in [0, 0.05) is 0 Å². The summed E-state index contributed by atoms with van der Waals surface area (Å²) in [6.07, 6.45) is 9.14. The van der Waals surface area contributed by atoms with Gasteiger partial charge in [0.15, 0.2) is 4.32 Å². The first-order chi connectivity index (χ1) is 15.5. The van der Waals surface area contributed by atoms with Crippen LogP contribution in [0.2, 0.25) is 0 Å². The second kappa shape index (κ2) is 11.8. The summed E-state index contributed by atoms with van der Waals surface area (Å²) in [6, 6.07) is 13.8. The topological polar surface area (TPSA) is 66.8 Å². The highest BCUT2D eigenvalue weighted by molar-refractivity contribution is 8.27. The molecule has 0 aromatic heterocycles. The van der Waals surface area contributed by atoms with Crippen LogP contribution in [0.25, 0.3) is 6.08 Å². The molecule has 2 aromatic carbocycles. The van der Waals surface area contributed by atoms with Crippen molar-refractivity contribution in [3.05, 3.63) is 64.6 Å². The van der Waals surface area contributed by atoms with Crippen LogP contribution < -0.4 is 9.64 Å². The van der Waals surface area contributed by atoms with Crippen molar-refractivity contribution in [2.45, 2.75) is 45.4 Å². The number of benzene rings is 2. The van der Waals surface area contributed by atoms with Crippen LogP contribution in [0, 0.1) is 0 Å². The molecule has 0 unspecified atom stereocenters. The van der Waals surface area contributed by atoms with Gasteiger partial charge in [-0.2, -0.15) is 0 Å². The van der Waals surface area contributed by atoms with Crippen molar-refractivity contribution in [2.24, 2.45) is 0 Å². The van der Waals surface area contributed by atoms with Crippen molar-refractivity contribution in [1.82, 2.24) is 0 Å². The summed E-state index contributed by atoms with van der Waals surface area (Å²) in [4.78, 5) is 26.0. The van der Waals surface area contributed by atoms with Crippen molar-refractivity contribution in [2.75, 3.05) is 11.5 Å². The van der Waals surface area contributed by atoms with E-state index in [9.17, 15) is 14.7 Å². The van der Waals surface area contributed by atoms with Crippen molar-refractivity contribution in [3.63, 3.8) is 0 Å². The fourth-order valence-corrected chi connectivity index (χ4v) is 4.65. The highest BCUT2D eigenvalue weighted by Crippen LogP contribution is 2.36. The van der Waals surface area contributed by atoms with E-state index in [2.05, 4.69) is 6.92 Å². The molecule has 0 bridgehead atoms. The zero-order chi connectivity index (χ0) is 22.9. The normalized spacial score (nSPS) is 14.9. The Morgan fingerprint density at radius 1 is 1.09 bits per heavy atom. The fraction of sp³-hybridized carbons (Fsp3) is 0.320. The van der Waals surface area contributed by atoms with Gasteiger partial charge in [-0.15, -0.1) is 0 Å². The van der Waals surface area contributed by atoms with Gasteiger partial charge in [0.05, 0.1) is 22.8 Å². The zero-order valence-corrected chi connectivity index (χ0v) is 19.7. The minimum atomic E-state index is -1.05. The van der Waals surface area contributed by atoms with Crippen molar-refractivity contribution in [1.29, 1.82) is 0 Å². The van der Waals surface area contributed by atoms with E-state index in [1.54, 1.807) is 18.2 Å². The summed E-state index contributed by atoms with van der Waals surface area (Å²) in [5.74, 6) is -0.494. The molecule has 5 nitrogen and oxygen atoms in total. The summed E-state index contributed by atoms with van der Waals surface area (Å²) >= 11 is 6.58. The Morgan fingerprint density at radius 2 is 1.81 bits per heavy atom. The van der Waals surface area contributed by atoms with Gasteiger partial charge in [0.25, 0.3) is 5.91 Å². The number of carboxylic acid groups (broad SMARTS) is 1. The molecule has 0 spiro atoms. The molecular formula is C25H27NO4S2. The maximum atomic E-state index is 12.9. The third kappa shape index (κ3) is 6.43. The summed E-state index contributed by atoms with van der Waals surface area (Å²) < 4.78 is 6.19. The Kier molecular flexibility index (Phi) is 8.88. The number of rotatable bonds is 11. The zero-order valence-electron chi connectivity index (χ0n) is 18.1. The molecule has 1 heterocycles. The first kappa shape index (κ1) is 24.0. The van der Waals surface area contributed by atoms with E-state index in [1.807, 2.05) is 24.3 Å². The number of ether oxygens (including phenoxy) is 1. The highest BCUT2D eigenvalue weighted by atomic mass is 32.2. The molecule has 1 aliphatic heterocycles. The molecule has 1 saturated heterocycles. The fourth-order valence-electron chi connectivity index (χ4n) is 3.35. The van der Waals surface area contributed by atoms with Gasteiger partial charge in [0.2, 0.25) is 0 Å². The van der Waals surface area contributed by atoms with Crippen LogP contribution in [0.1, 0.15) is 61.4 Å². The maximum Gasteiger partial charge on any atom is 0.335 e. The van der Waals surface area contributed by atoms with Gasteiger partial charge in [0.1, 0.15) is 5.75 Å². The smallest absolute Gasteiger partial charge is 0.335 e. The van der Waals surface area contributed by atoms with Crippen molar-refractivity contribution in [3.8, 4) is 5.75 Å². The van der Waals surface area contributed by atoms with E-state index in [0.717, 1.165) is 17.7 Å². The number of hydrogen-bond donors (Lipinski definition) is 1. The number of thiocarbonyl (C=S) groups is 1. The Morgan fingerprint density at radius 3 is 2.53 bits per heavy atom. The van der Waals surface area contributed by atoms with E-state index >= 15 is 0 Å². The maximum absolute atomic E-state index is 12.9. The number of thioether (sulfide) groups is 1. The number of anilines is 1. The van der Waals surface area contributed by atoms with E-state index in [-0.39, 0.29) is 11.5 Å². The van der Waals surface area contributed by atoms with Crippen LogP contribution in [0.3, 0.4) is 0 Å². The lowest BCUT2D eigenvalue weighted by Crippen LogP contribution is -2.27. The summed E-state index contributed by atoms with van der Waals surface area (Å²) in [5, 5.41) is 9.20. The quantitative estimate of drug-likeness (QED) is 0.229. The van der Waals surface area contributed by atoms with Crippen LogP contribution in [0.4, 0.5) is 5.69 Å². The summed E-state index contributed by atoms with van der Waals surface area (Å²) in [6.45, 7) is 2.92. The van der Waals surface area contributed by atoms with Crippen LogP contribution >= 0.6 is 24.0 Å². The third-order valence-corrected chi connectivity index (χ3v) is 6.39. The number of carboxylic acids is 1. The first-order valence-corrected chi connectivity index (χ1v) is 12.1. The molecule has 7 heteroatoms. The Balaban J connectivity index is 1.59. The molecule has 168 valence electrons. The monoisotopic (exact) mass is 469 g/mol. The number of carbonyl (C=O) groups is 2. The van der Waals surface area contributed by atoms with Gasteiger partial charge in [-0.25, -0.2) is 4.79 Å². The lowest BCUT2D eigenvalue weighted by atomic mass is 10.1. The predicted octanol–water partition coefficient (Wildman–Crippen LogP) is 6.53. The van der Waals surface area contributed by atoms with E-state index in [1.165, 1.54) is 60.9 Å². The Hall–Kier alpha value is -2.64. The summed E-state index contributed by atoms with van der Waals surface area (Å²) in [7, 11) is 0. The SMILES string of the molecule is CCCCCCCCOc1ccc(C=C2SC(=S)N(c3cccc(C(=O)O)c3)C2=O)cc1. The van der Waals surface area contributed by atoms with Gasteiger partial charge in [-0.3, -0.25) is 9.69 Å². The molecular weight excluding hydrogens is 442 g/mol. The summed E-state index contributed by atoms with van der Waals surface area (Å²) in [5.41, 5.74) is 1.43.